The number of thiazole rings is 1. The van der Waals surface area contributed by atoms with Crippen molar-refractivity contribution in [2.75, 3.05) is 18.0 Å². The van der Waals surface area contributed by atoms with Crippen molar-refractivity contribution in [3.05, 3.63) is 34.2 Å². The summed E-state index contributed by atoms with van der Waals surface area (Å²) in [5.41, 5.74) is 1.11. The number of hydrogen-bond acceptors (Lipinski definition) is 5. The summed E-state index contributed by atoms with van der Waals surface area (Å²) >= 11 is 1.71. The molecule has 19 heavy (non-hydrogen) atoms. The highest BCUT2D eigenvalue weighted by Gasteiger charge is 2.09. The third-order valence-corrected chi connectivity index (χ3v) is 3.86. The van der Waals surface area contributed by atoms with Crippen LogP contribution in [0.2, 0.25) is 0 Å². The first kappa shape index (κ1) is 13.9. The first-order valence-electron chi connectivity index (χ1n) is 6.70. The Morgan fingerprint density at radius 2 is 2.11 bits per heavy atom. The molecule has 0 aliphatic heterocycles. The zero-order valence-corrected chi connectivity index (χ0v) is 12.6. The predicted octanol–water partition coefficient (Wildman–Crippen LogP) is 2.87. The van der Waals surface area contributed by atoms with Gasteiger partial charge in [0, 0.05) is 42.8 Å². The molecule has 102 valence electrons. The van der Waals surface area contributed by atoms with Crippen molar-refractivity contribution in [2.45, 2.75) is 33.6 Å². The van der Waals surface area contributed by atoms with Crippen LogP contribution in [0.15, 0.2) is 17.6 Å². The van der Waals surface area contributed by atoms with Gasteiger partial charge in [0.1, 0.15) is 11.6 Å². The summed E-state index contributed by atoms with van der Waals surface area (Å²) in [5.74, 6) is 1.88. The quantitative estimate of drug-likeness (QED) is 0.813. The van der Waals surface area contributed by atoms with Gasteiger partial charge < -0.3 is 4.90 Å². The van der Waals surface area contributed by atoms with E-state index in [1.807, 2.05) is 18.5 Å². The molecule has 0 N–H and O–H groups in total. The minimum atomic E-state index is 0.849. The van der Waals surface area contributed by atoms with Crippen molar-refractivity contribution in [3.8, 4) is 0 Å². The van der Waals surface area contributed by atoms with Crippen LogP contribution in [0.3, 0.4) is 0 Å². The second-order valence-electron chi connectivity index (χ2n) is 4.37. The van der Waals surface area contributed by atoms with Crippen molar-refractivity contribution in [1.82, 2.24) is 15.0 Å². The van der Waals surface area contributed by atoms with E-state index in [0.717, 1.165) is 43.3 Å². The number of rotatable bonds is 6. The summed E-state index contributed by atoms with van der Waals surface area (Å²) in [5, 5.41) is 3.20. The molecule has 0 unspecified atom stereocenters. The molecule has 0 bridgehead atoms. The van der Waals surface area contributed by atoms with Crippen molar-refractivity contribution in [3.63, 3.8) is 0 Å². The topological polar surface area (TPSA) is 41.9 Å². The zero-order valence-electron chi connectivity index (χ0n) is 11.8. The van der Waals surface area contributed by atoms with Crippen LogP contribution in [-0.4, -0.2) is 28.0 Å². The van der Waals surface area contributed by atoms with E-state index in [-0.39, 0.29) is 0 Å². The summed E-state index contributed by atoms with van der Waals surface area (Å²) < 4.78 is 0. The van der Waals surface area contributed by atoms with Gasteiger partial charge in [0.15, 0.2) is 0 Å². The highest BCUT2D eigenvalue weighted by atomic mass is 32.1. The molecule has 2 rings (SSSR count). The van der Waals surface area contributed by atoms with Crippen LogP contribution in [0.5, 0.6) is 0 Å². The van der Waals surface area contributed by atoms with Crippen molar-refractivity contribution < 1.29 is 0 Å². The van der Waals surface area contributed by atoms with Gasteiger partial charge in [-0.25, -0.2) is 15.0 Å². The Balaban J connectivity index is 2.10. The van der Waals surface area contributed by atoms with Crippen LogP contribution in [0.1, 0.15) is 30.4 Å². The number of aromatic nitrogens is 3. The van der Waals surface area contributed by atoms with Gasteiger partial charge in [-0.15, -0.1) is 11.3 Å². The molecule has 0 aliphatic rings. The fourth-order valence-corrected chi connectivity index (χ4v) is 2.61. The molecule has 5 heteroatoms. The summed E-state index contributed by atoms with van der Waals surface area (Å²) in [4.78, 5) is 15.6. The maximum Gasteiger partial charge on any atom is 0.132 e. The van der Waals surface area contributed by atoms with Crippen LogP contribution in [0, 0.1) is 6.92 Å². The van der Waals surface area contributed by atoms with Crippen molar-refractivity contribution >= 4 is 17.2 Å². The summed E-state index contributed by atoms with van der Waals surface area (Å²) in [6.07, 6.45) is 3.77. The van der Waals surface area contributed by atoms with Gasteiger partial charge in [0.2, 0.25) is 0 Å². The molecule has 0 amide bonds. The molecule has 2 heterocycles. The van der Waals surface area contributed by atoms with Crippen molar-refractivity contribution in [2.24, 2.45) is 0 Å². The molecule has 0 saturated heterocycles. The van der Waals surface area contributed by atoms with Gasteiger partial charge in [0.25, 0.3) is 0 Å². The highest BCUT2D eigenvalue weighted by molar-refractivity contribution is 7.09. The lowest BCUT2D eigenvalue weighted by Crippen LogP contribution is -2.26. The van der Waals surface area contributed by atoms with E-state index in [2.05, 4.69) is 39.8 Å². The fourth-order valence-electron chi connectivity index (χ4n) is 2.00. The molecule has 0 aliphatic carbocycles. The number of likely N-dealkylation sites (N-methyl/N-ethyl adjacent to an activating group) is 1. The average Bonchev–Trinajstić information content (AvgIpc) is 2.92. The van der Waals surface area contributed by atoms with Crippen LogP contribution in [0.25, 0.3) is 0 Å². The van der Waals surface area contributed by atoms with Crippen LogP contribution in [-0.2, 0) is 12.8 Å². The highest BCUT2D eigenvalue weighted by Crippen LogP contribution is 2.14. The largest absolute Gasteiger partial charge is 0.356 e. The second-order valence-corrected chi connectivity index (χ2v) is 5.35. The average molecular weight is 276 g/mol. The van der Waals surface area contributed by atoms with Gasteiger partial charge in [-0.1, -0.05) is 6.92 Å². The summed E-state index contributed by atoms with van der Waals surface area (Å²) in [7, 11) is 0. The number of hydrogen-bond donors (Lipinski definition) is 0. The predicted molar refractivity (Wildman–Crippen MR) is 79.9 cm³/mol. The van der Waals surface area contributed by atoms with E-state index in [4.69, 9.17) is 0 Å². The van der Waals surface area contributed by atoms with E-state index in [0.29, 0.717) is 0 Å². The lowest BCUT2D eigenvalue weighted by Gasteiger charge is -2.22. The first-order valence-corrected chi connectivity index (χ1v) is 7.58. The van der Waals surface area contributed by atoms with E-state index in [1.54, 1.807) is 11.3 Å². The molecular weight excluding hydrogens is 256 g/mol. The SMILES string of the molecule is CCc1cc(N(CC)CCc2nccs2)nc(C)n1. The van der Waals surface area contributed by atoms with Gasteiger partial charge in [-0.3, -0.25) is 0 Å². The number of aryl methyl sites for hydroxylation is 2. The van der Waals surface area contributed by atoms with Crippen LogP contribution < -0.4 is 4.90 Å². The molecule has 4 nitrogen and oxygen atoms in total. The lowest BCUT2D eigenvalue weighted by atomic mass is 10.3. The number of nitrogens with zero attached hydrogens (tertiary/aromatic N) is 4. The fraction of sp³-hybridized carbons (Fsp3) is 0.500. The van der Waals surface area contributed by atoms with Crippen molar-refractivity contribution in [1.29, 1.82) is 0 Å². The Morgan fingerprint density at radius 3 is 2.74 bits per heavy atom. The van der Waals surface area contributed by atoms with Crippen LogP contribution in [0.4, 0.5) is 5.82 Å². The molecular formula is C14H20N4S. The third-order valence-electron chi connectivity index (χ3n) is 3.02. The van der Waals surface area contributed by atoms with E-state index in [9.17, 15) is 0 Å². The Hall–Kier alpha value is -1.49. The molecule has 0 aromatic carbocycles. The minimum Gasteiger partial charge on any atom is -0.356 e. The standard InChI is InChI=1S/C14H20N4S/c1-4-12-10-13(17-11(3)16-12)18(5-2)8-6-14-15-7-9-19-14/h7,9-10H,4-6,8H2,1-3H3. The molecule has 0 fully saturated rings. The molecule has 2 aromatic heterocycles. The minimum absolute atomic E-state index is 0.849. The lowest BCUT2D eigenvalue weighted by molar-refractivity contribution is 0.779. The molecule has 0 saturated carbocycles. The monoisotopic (exact) mass is 276 g/mol. The van der Waals surface area contributed by atoms with Gasteiger partial charge in [-0.05, 0) is 20.3 Å². The molecule has 0 radical (unpaired) electrons. The molecule has 0 atom stereocenters. The zero-order chi connectivity index (χ0) is 13.7. The molecule has 0 spiro atoms. The smallest absolute Gasteiger partial charge is 0.132 e. The van der Waals surface area contributed by atoms with E-state index >= 15 is 0 Å². The maximum absolute atomic E-state index is 4.55. The Bertz CT molecular complexity index is 510. The van der Waals surface area contributed by atoms with Crippen LogP contribution >= 0.6 is 11.3 Å². The summed E-state index contributed by atoms with van der Waals surface area (Å²) in [6, 6.07) is 2.10. The normalized spacial score (nSPS) is 10.7. The first-order chi connectivity index (χ1) is 9.22. The Kier molecular flexibility index (Phi) is 4.85. The summed E-state index contributed by atoms with van der Waals surface area (Å²) in [6.45, 7) is 8.13. The maximum atomic E-state index is 4.55. The Morgan fingerprint density at radius 1 is 1.26 bits per heavy atom. The van der Waals surface area contributed by atoms with E-state index in [1.165, 1.54) is 5.01 Å². The molecule has 2 aromatic rings. The Labute approximate surface area is 118 Å². The van der Waals surface area contributed by atoms with E-state index < -0.39 is 0 Å². The van der Waals surface area contributed by atoms with Gasteiger partial charge >= 0.3 is 0 Å². The second kappa shape index (κ2) is 6.61. The third kappa shape index (κ3) is 3.73. The van der Waals surface area contributed by atoms with Gasteiger partial charge in [0.05, 0.1) is 5.01 Å². The van der Waals surface area contributed by atoms with Gasteiger partial charge in [-0.2, -0.15) is 0 Å². The number of anilines is 1.